The molecule has 1 fully saturated rings. The maximum atomic E-state index is 14.9. The highest BCUT2D eigenvalue weighted by molar-refractivity contribution is 7.97. The van der Waals surface area contributed by atoms with Crippen LogP contribution in [-0.2, 0) is 13.0 Å². The van der Waals surface area contributed by atoms with Crippen LogP contribution in [0.3, 0.4) is 0 Å². The average Bonchev–Trinajstić information content (AvgIpc) is 3.12. The van der Waals surface area contributed by atoms with Gasteiger partial charge >= 0.3 is 0 Å². The highest BCUT2D eigenvalue weighted by Gasteiger charge is 2.51. The first-order valence-electron chi connectivity index (χ1n) is 9.73. The monoisotopic (exact) mass is 458 g/mol. The number of aryl methyl sites for hydroxylation is 1. The molecule has 1 aromatic heterocycles. The summed E-state index contributed by atoms with van der Waals surface area (Å²) >= 11 is 0.858. The molecule has 0 bridgehead atoms. The van der Waals surface area contributed by atoms with Crippen molar-refractivity contribution in [3.63, 3.8) is 0 Å². The summed E-state index contributed by atoms with van der Waals surface area (Å²) in [5.74, 6) is -1.76. The van der Waals surface area contributed by atoms with Crippen LogP contribution in [-0.4, -0.2) is 60.2 Å². The summed E-state index contributed by atoms with van der Waals surface area (Å²) in [4.78, 5) is 20.0. The molecule has 4 N–H and O–H groups in total. The largest absolute Gasteiger partial charge is 0.375 e. The maximum absolute atomic E-state index is 14.9. The molecule has 1 saturated carbocycles. The number of terminal acetylenes is 1. The summed E-state index contributed by atoms with van der Waals surface area (Å²) < 4.78 is 19.0. The Morgan fingerprint density at radius 1 is 1.41 bits per heavy atom. The highest BCUT2D eigenvalue weighted by Crippen LogP contribution is 2.41. The zero-order valence-electron chi connectivity index (χ0n) is 16.9. The summed E-state index contributed by atoms with van der Waals surface area (Å²) in [7, 11) is 1.59. The van der Waals surface area contributed by atoms with Crippen molar-refractivity contribution in [3.05, 3.63) is 41.5 Å². The van der Waals surface area contributed by atoms with E-state index in [2.05, 4.69) is 20.7 Å². The molecule has 1 atom stereocenters. The molecule has 2 aromatic rings. The molecule has 0 saturated heterocycles. The fraction of sp³-hybridized carbons (Fsp3) is 0.350. The first kappa shape index (κ1) is 20.9. The molecule has 2 aliphatic heterocycles. The molecule has 1 aromatic carbocycles. The van der Waals surface area contributed by atoms with Gasteiger partial charge in [0.1, 0.15) is 17.6 Å². The second kappa shape index (κ2) is 7.03. The van der Waals surface area contributed by atoms with E-state index in [1.807, 2.05) is 0 Å². The number of carbonyl (C=O) groups is 1. The van der Waals surface area contributed by atoms with E-state index in [0.29, 0.717) is 12.8 Å². The Labute approximate surface area is 186 Å². The number of benzene rings is 1. The van der Waals surface area contributed by atoms with Crippen LogP contribution < -0.4 is 9.62 Å². The molecule has 0 spiro atoms. The number of guanidine groups is 1. The Morgan fingerprint density at radius 3 is 2.78 bits per heavy atom. The lowest BCUT2D eigenvalue weighted by Gasteiger charge is -2.42. The number of nitrogens with zero attached hydrogens (tertiary/aromatic N) is 5. The van der Waals surface area contributed by atoms with Gasteiger partial charge in [-0.15, -0.1) is 6.42 Å². The van der Waals surface area contributed by atoms with Gasteiger partial charge in [0.2, 0.25) is 5.96 Å². The number of aliphatic hydroxyl groups is 3. The average molecular weight is 458 g/mol. The zero-order chi connectivity index (χ0) is 22.8. The lowest BCUT2D eigenvalue weighted by Crippen LogP contribution is -2.60. The molecule has 3 heterocycles. The Balaban J connectivity index is 1.61. The van der Waals surface area contributed by atoms with Crippen molar-refractivity contribution in [1.29, 1.82) is 0 Å². The van der Waals surface area contributed by atoms with E-state index in [-0.39, 0.29) is 34.2 Å². The van der Waals surface area contributed by atoms with Crippen LogP contribution in [0.25, 0.3) is 0 Å². The van der Waals surface area contributed by atoms with Gasteiger partial charge in [0.05, 0.1) is 34.5 Å². The minimum atomic E-state index is -2.79. The molecule has 0 radical (unpaired) electrons. The minimum absolute atomic E-state index is 0.0101. The molecule has 12 heteroatoms. The fourth-order valence-corrected chi connectivity index (χ4v) is 4.46. The highest BCUT2D eigenvalue weighted by atomic mass is 32.2. The van der Waals surface area contributed by atoms with Gasteiger partial charge in [0.25, 0.3) is 11.8 Å². The van der Waals surface area contributed by atoms with Crippen LogP contribution in [0.2, 0.25) is 0 Å². The number of anilines is 1. The van der Waals surface area contributed by atoms with Gasteiger partial charge in [-0.2, -0.15) is 5.10 Å². The molecular formula is C20H19FN6O4S. The number of amides is 1. The predicted octanol–water partition coefficient (Wildman–Crippen LogP) is 0.0670. The summed E-state index contributed by atoms with van der Waals surface area (Å²) in [5, 5.41) is 35.9. The first-order chi connectivity index (χ1) is 15.1. The third kappa shape index (κ3) is 3.17. The van der Waals surface area contributed by atoms with Crippen molar-refractivity contribution in [3.8, 4) is 12.3 Å². The standard InChI is InChI=1S/C20H19FN6O4S/c1-3-12-9-22-18-26(12)15-7-14(21)16(32-24-19(29)4-5-19)6-13(15)17(28)27(18)20(30,31)11-8-23-25(2)10-11/h1,6-8,10,12,24,29-31H,4-5,9H2,2H3. The fourth-order valence-electron chi connectivity index (χ4n) is 3.62. The smallest absolute Gasteiger partial charge is 0.287 e. The number of halogens is 1. The Bertz CT molecular complexity index is 1200. The van der Waals surface area contributed by atoms with Crippen molar-refractivity contribution in [1.82, 2.24) is 19.4 Å². The molecule has 166 valence electrons. The number of aromatic nitrogens is 2. The van der Waals surface area contributed by atoms with Crippen molar-refractivity contribution in [2.75, 3.05) is 11.4 Å². The lowest BCUT2D eigenvalue weighted by molar-refractivity contribution is -0.234. The Hall–Kier alpha value is -2.95. The van der Waals surface area contributed by atoms with Gasteiger partial charge in [0, 0.05) is 13.2 Å². The molecule has 1 amide bonds. The van der Waals surface area contributed by atoms with Crippen LogP contribution in [0.5, 0.6) is 0 Å². The number of rotatable bonds is 5. The summed E-state index contributed by atoms with van der Waals surface area (Å²) in [6, 6.07) is 1.81. The summed E-state index contributed by atoms with van der Waals surface area (Å²) in [5.41, 5.74) is -0.925. The molecule has 32 heavy (non-hydrogen) atoms. The van der Waals surface area contributed by atoms with Crippen molar-refractivity contribution < 1.29 is 24.5 Å². The van der Waals surface area contributed by atoms with Gasteiger partial charge in [-0.05, 0) is 36.9 Å². The molecular weight excluding hydrogens is 439 g/mol. The van der Waals surface area contributed by atoms with Gasteiger partial charge in [-0.3, -0.25) is 14.4 Å². The van der Waals surface area contributed by atoms with Crippen LogP contribution in [0.1, 0.15) is 28.8 Å². The third-order valence-electron chi connectivity index (χ3n) is 5.55. The van der Waals surface area contributed by atoms with E-state index in [1.165, 1.54) is 28.0 Å². The van der Waals surface area contributed by atoms with Crippen LogP contribution in [0.4, 0.5) is 10.1 Å². The molecule has 1 unspecified atom stereocenters. The minimum Gasteiger partial charge on any atom is -0.375 e. The van der Waals surface area contributed by atoms with Crippen LogP contribution in [0.15, 0.2) is 34.4 Å². The van der Waals surface area contributed by atoms with Gasteiger partial charge in [-0.1, -0.05) is 5.92 Å². The predicted molar refractivity (Wildman–Crippen MR) is 112 cm³/mol. The van der Waals surface area contributed by atoms with Crippen molar-refractivity contribution in [2.24, 2.45) is 12.0 Å². The van der Waals surface area contributed by atoms with Crippen molar-refractivity contribution >= 4 is 29.5 Å². The number of fused-ring (bicyclic) bond motifs is 3. The van der Waals surface area contributed by atoms with Crippen LogP contribution >= 0.6 is 11.9 Å². The van der Waals surface area contributed by atoms with E-state index in [9.17, 15) is 24.5 Å². The summed E-state index contributed by atoms with van der Waals surface area (Å²) in [6.45, 7) is 0.0882. The second-order valence-electron chi connectivity index (χ2n) is 7.91. The molecule has 10 nitrogen and oxygen atoms in total. The van der Waals surface area contributed by atoms with E-state index in [1.54, 1.807) is 7.05 Å². The molecule has 5 rings (SSSR count). The number of aliphatic imine (C=N–C) groups is 1. The Morgan fingerprint density at radius 2 is 2.16 bits per heavy atom. The lowest BCUT2D eigenvalue weighted by atomic mass is 10.0. The second-order valence-corrected chi connectivity index (χ2v) is 8.76. The van der Waals surface area contributed by atoms with E-state index in [4.69, 9.17) is 6.42 Å². The number of nitrogens with one attached hydrogen (secondary N) is 1. The number of hydrogen-bond acceptors (Lipinski definition) is 9. The van der Waals surface area contributed by atoms with Gasteiger partial charge in [-0.25, -0.2) is 19.0 Å². The normalized spacial score (nSPS) is 21.2. The number of carbonyl (C=O) groups excluding carboxylic acids is 1. The van der Waals surface area contributed by atoms with Gasteiger partial charge in [0.15, 0.2) is 0 Å². The maximum Gasteiger partial charge on any atom is 0.287 e. The SMILES string of the molecule is C#CC1CN=C2N1c1cc(F)c(SNC3(O)CC3)cc1C(=O)N2C(O)(O)c1cnn(C)c1. The third-order valence-corrected chi connectivity index (χ3v) is 6.56. The Kier molecular flexibility index (Phi) is 4.59. The molecule has 3 aliphatic rings. The van der Waals surface area contributed by atoms with Crippen molar-refractivity contribution in [2.45, 2.75) is 35.4 Å². The topological polar surface area (TPSA) is 126 Å². The first-order valence-corrected chi connectivity index (χ1v) is 10.5. The quantitative estimate of drug-likeness (QED) is 0.282. The van der Waals surface area contributed by atoms with Gasteiger partial charge < -0.3 is 15.3 Å². The van der Waals surface area contributed by atoms with E-state index < -0.39 is 29.4 Å². The van der Waals surface area contributed by atoms with E-state index >= 15 is 0 Å². The molecule has 1 aliphatic carbocycles. The zero-order valence-corrected chi connectivity index (χ0v) is 17.7. The van der Waals surface area contributed by atoms with E-state index in [0.717, 1.165) is 22.9 Å². The summed E-state index contributed by atoms with van der Waals surface area (Å²) in [6.07, 6.45) is 9.28. The number of hydrogen-bond donors (Lipinski definition) is 4. The van der Waals surface area contributed by atoms with Crippen LogP contribution in [0, 0.1) is 18.2 Å².